The van der Waals surface area contributed by atoms with Crippen LogP contribution in [-0.2, 0) is 43.3 Å². The number of hydrogen-bond acceptors (Lipinski definition) is 6. The molecule has 644 valence electrons. The van der Waals surface area contributed by atoms with Crippen molar-refractivity contribution in [1.82, 2.24) is 0 Å². The van der Waals surface area contributed by atoms with Crippen molar-refractivity contribution >= 4 is 34.1 Å². The van der Waals surface area contributed by atoms with Gasteiger partial charge >= 0.3 is 0 Å². The second-order valence-corrected chi connectivity index (χ2v) is 41.4. The van der Waals surface area contributed by atoms with Crippen molar-refractivity contribution in [3.8, 4) is 56.0 Å². The van der Waals surface area contributed by atoms with Gasteiger partial charge in [-0.3, -0.25) is 0 Å². The molecule has 5 aliphatic rings. The fraction of sp³-hybridized carbons (Fsp3) is 0.483. The molecule has 0 aliphatic heterocycles. The molecular formula is C116H144N2O4-2. The zero-order valence-electron chi connectivity index (χ0n) is 77.3. The molecule has 0 radical (unpaired) electrons. The number of phenols is 2. The summed E-state index contributed by atoms with van der Waals surface area (Å²) in [5.41, 5.74) is 28.5. The molecule has 1 saturated carbocycles. The maximum Gasteiger partial charge on any atom is 0.121 e. The third-order valence-corrected chi connectivity index (χ3v) is 30.9. The number of rotatable bonds is 36. The first kappa shape index (κ1) is 88.2. The third-order valence-electron chi connectivity index (χ3n) is 30.9. The average Bonchev–Trinajstić information content (AvgIpc) is 1.56. The van der Waals surface area contributed by atoms with Crippen LogP contribution in [0.3, 0.4) is 0 Å². The van der Waals surface area contributed by atoms with Crippen LogP contribution in [-0.4, -0.2) is 22.4 Å². The summed E-state index contributed by atoms with van der Waals surface area (Å²) in [5.74, 6) is -2.28. The molecule has 122 heavy (non-hydrogen) atoms. The van der Waals surface area contributed by atoms with Crippen LogP contribution in [0.15, 0.2) is 206 Å². The van der Waals surface area contributed by atoms with E-state index in [1.165, 1.54) is 243 Å². The normalized spacial score (nSPS) is 19.8. The van der Waals surface area contributed by atoms with Gasteiger partial charge in [0, 0.05) is 46.3 Å². The predicted molar refractivity (Wildman–Crippen MR) is 514 cm³/mol. The molecule has 15 rings (SSSR count). The summed E-state index contributed by atoms with van der Waals surface area (Å²) in [7, 11) is 0. The monoisotopic (exact) mass is 1630 g/mol. The van der Waals surface area contributed by atoms with Crippen molar-refractivity contribution in [1.29, 1.82) is 0 Å². The Hall–Kier alpha value is -8.68. The lowest BCUT2D eigenvalue weighted by Crippen LogP contribution is -2.63. The fourth-order valence-corrected chi connectivity index (χ4v) is 25.7. The number of nitrogens with zero attached hydrogens (tertiary/aromatic N) is 2. The van der Waals surface area contributed by atoms with Crippen LogP contribution < -0.4 is 20.0 Å². The Morgan fingerprint density at radius 1 is 0.270 bits per heavy atom. The first-order valence-corrected chi connectivity index (χ1v) is 48.2. The summed E-state index contributed by atoms with van der Waals surface area (Å²) in [6.07, 6.45) is 30.8. The highest BCUT2D eigenvalue weighted by atomic mass is 16.3. The second kappa shape index (κ2) is 35.7. The van der Waals surface area contributed by atoms with Crippen molar-refractivity contribution in [3.05, 3.63) is 262 Å². The zero-order chi connectivity index (χ0) is 86.3. The van der Waals surface area contributed by atoms with Gasteiger partial charge in [0.05, 0.1) is 0 Å². The minimum Gasteiger partial charge on any atom is -0.851 e. The zero-order valence-corrected chi connectivity index (χ0v) is 77.3. The highest BCUT2D eigenvalue weighted by Gasteiger charge is 2.53. The van der Waals surface area contributed by atoms with Crippen LogP contribution in [0.1, 0.15) is 358 Å². The van der Waals surface area contributed by atoms with E-state index in [0.717, 1.165) is 48.4 Å². The lowest BCUT2D eigenvalue weighted by atomic mass is 9.63. The first-order chi connectivity index (χ1) is 58.7. The van der Waals surface area contributed by atoms with E-state index < -0.39 is 24.0 Å². The summed E-state index contributed by atoms with van der Waals surface area (Å²) in [6, 6.07) is 75.4. The van der Waals surface area contributed by atoms with E-state index in [4.69, 9.17) is 0 Å². The molecule has 6 heteroatoms. The summed E-state index contributed by atoms with van der Waals surface area (Å²) in [5, 5.41) is 55.5. The van der Waals surface area contributed by atoms with Gasteiger partial charge in [-0.15, -0.1) is 12.2 Å². The van der Waals surface area contributed by atoms with Gasteiger partial charge in [-0.25, -0.2) is 0 Å². The van der Waals surface area contributed by atoms with Crippen LogP contribution in [0.4, 0.5) is 34.1 Å². The van der Waals surface area contributed by atoms with E-state index in [0.29, 0.717) is 22.5 Å². The molecule has 6 nitrogen and oxygen atoms in total. The average molecular weight is 1630 g/mol. The van der Waals surface area contributed by atoms with Gasteiger partial charge in [-0.2, -0.15) is 0 Å². The topological polar surface area (TPSA) is 93.1 Å². The van der Waals surface area contributed by atoms with E-state index in [-0.39, 0.29) is 54.8 Å². The highest BCUT2D eigenvalue weighted by molar-refractivity contribution is 5.86. The van der Waals surface area contributed by atoms with Crippen LogP contribution in [0, 0.1) is 0 Å². The fourth-order valence-electron chi connectivity index (χ4n) is 25.7. The molecule has 1 fully saturated rings. The minimum absolute atomic E-state index is 0.00122. The van der Waals surface area contributed by atoms with E-state index >= 15 is 10.2 Å². The number of aromatic hydroxyl groups is 2. The number of anilines is 6. The standard InChI is InChI=1S/C116H144N2O4/c1-17-25-65-113(66-26-18-2)75-109(9,10)103-89(37-33-41-95(103)113)79-45-53-83(54-46-79)117(84-55-47-80(48-56-84)90-38-34-42-96-104(90)110(11,12)76-114(96,67-27-19-3)68-28-20-4)87-61-63-93(99(119)73-87)101-107(121)102(108(101)122)94-64-62-88(74-100(94)120)118(85-57-49-81(50-58-85)91-39-35-43-97-105(91)111(13,14)77-115(97,69-29-21-5)70-30-22-6)86-59-51-82(52-60-86)92-40-36-44-98-106(92)112(15,16)78-116(98,71-31-23-7)72-32-24-8/h33-64,73-74,101-102,107-108,119-120H,17-32,65-72,75-78H2,1-16H3/q-2. The molecule has 0 unspecified atom stereocenters. The Labute approximate surface area is 735 Å². The van der Waals surface area contributed by atoms with Gasteiger partial charge in [-0.1, -0.05) is 347 Å². The molecule has 5 aliphatic carbocycles. The van der Waals surface area contributed by atoms with Crippen LogP contribution in [0.5, 0.6) is 11.5 Å². The van der Waals surface area contributed by atoms with Crippen molar-refractivity contribution in [3.63, 3.8) is 0 Å². The quantitative estimate of drug-likeness (QED) is 0.0406. The largest absolute Gasteiger partial charge is 0.851 e. The maximum atomic E-state index is 15.2. The van der Waals surface area contributed by atoms with E-state index in [9.17, 15) is 10.2 Å². The van der Waals surface area contributed by atoms with E-state index in [2.05, 4.69) is 290 Å². The molecule has 0 atom stereocenters. The molecule has 0 saturated heterocycles. The Morgan fingerprint density at radius 3 is 0.656 bits per heavy atom. The Morgan fingerprint density at radius 2 is 0.467 bits per heavy atom. The van der Waals surface area contributed by atoms with Crippen molar-refractivity contribution in [2.45, 2.75) is 358 Å². The molecule has 2 N–H and O–H groups in total. The van der Waals surface area contributed by atoms with E-state index in [1.807, 2.05) is 24.3 Å². The molecule has 0 amide bonds. The molecule has 0 heterocycles. The maximum absolute atomic E-state index is 15.2. The summed E-state index contributed by atoms with van der Waals surface area (Å²) in [6.45, 7) is 38.3. The predicted octanol–water partition coefficient (Wildman–Crippen LogP) is 31.2. The Bertz CT molecular complexity index is 4650. The molecule has 0 bridgehead atoms. The van der Waals surface area contributed by atoms with Crippen molar-refractivity contribution in [2.75, 3.05) is 9.80 Å². The van der Waals surface area contributed by atoms with Gasteiger partial charge in [-0.05, 0) is 293 Å². The van der Waals surface area contributed by atoms with Gasteiger partial charge in [0.2, 0.25) is 0 Å². The second-order valence-electron chi connectivity index (χ2n) is 41.4. The van der Waals surface area contributed by atoms with Gasteiger partial charge in [0.1, 0.15) is 11.5 Å². The molecule has 0 aromatic heterocycles. The molecule has 0 spiro atoms. The number of hydrogen-bond donors (Lipinski definition) is 2. The summed E-state index contributed by atoms with van der Waals surface area (Å²) < 4.78 is 0. The number of phenolic OH excluding ortho intramolecular Hbond substituents is 2. The van der Waals surface area contributed by atoms with Crippen molar-refractivity contribution < 1.29 is 20.4 Å². The first-order valence-electron chi connectivity index (χ1n) is 48.2. The lowest BCUT2D eigenvalue weighted by molar-refractivity contribution is -0.536. The number of unbranched alkanes of at least 4 members (excludes halogenated alkanes) is 8. The minimum atomic E-state index is -1.43. The van der Waals surface area contributed by atoms with Gasteiger partial charge < -0.3 is 30.2 Å². The molecular weight excluding hydrogens is 1490 g/mol. The van der Waals surface area contributed by atoms with E-state index in [1.54, 1.807) is 12.1 Å². The van der Waals surface area contributed by atoms with Crippen LogP contribution in [0.25, 0.3) is 44.5 Å². The SMILES string of the molecule is CCCCC1(CCCC)CC(C)(C)c2c(-c3ccc(N(c4ccc(-c5cccc6c5C(C)(C)CC6(CCCC)CCCC)cc4)c4ccc(C5C([O-])C(c6ccc(N(c7ccc(-c8cccc9c8C(C)(C)CC9(CCCC)CCCC)cc7)c7ccc(-c8cccc9c8C(C)(C)CC9(CCCC)CCCC)cc7)cc6O)C5[O-])c(O)c4)cc3)cccc21. The van der Waals surface area contributed by atoms with Crippen molar-refractivity contribution in [2.24, 2.45) is 0 Å². The highest BCUT2D eigenvalue weighted by Crippen LogP contribution is 2.63. The summed E-state index contributed by atoms with van der Waals surface area (Å²) >= 11 is 0. The third kappa shape index (κ3) is 16.2. The van der Waals surface area contributed by atoms with Crippen LogP contribution >= 0.6 is 0 Å². The number of fused-ring (bicyclic) bond motifs is 4. The van der Waals surface area contributed by atoms with Gasteiger partial charge in [0.15, 0.2) is 0 Å². The van der Waals surface area contributed by atoms with Crippen LogP contribution in [0.2, 0.25) is 0 Å². The Balaban J connectivity index is 0.765. The lowest BCUT2D eigenvalue weighted by Gasteiger charge is -2.61. The number of benzene rings is 10. The Kier molecular flexibility index (Phi) is 25.8. The molecule has 10 aromatic rings. The summed E-state index contributed by atoms with van der Waals surface area (Å²) in [4.78, 5) is 4.41. The molecule has 10 aromatic carbocycles. The van der Waals surface area contributed by atoms with Gasteiger partial charge in [0.25, 0.3) is 0 Å². The smallest absolute Gasteiger partial charge is 0.121 e.